The summed E-state index contributed by atoms with van der Waals surface area (Å²) in [6.45, 7) is 0. The van der Waals surface area contributed by atoms with Crippen molar-refractivity contribution in [1.29, 1.82) is 0 Å². The molecule has 1 aromatic carbocycles. The molecule has 0 bridgehead atoms. The van der Waals surface area contributed by atoms with Gasteiger partial charge in [-0.05, 0) is 22.9 Å². The summed E-state index contributed by atoms with van der Waals surface area (Å²) in [5, 5.41) is 2.32. The highest BCUT2D eigenvalue weighted by atomic mass is 32.1. The molecule has 55 valence electrons. The van der Waals surface area contributed by atoms with E-state index in [0.29, 0.717) is 10.1 Å². The highest BCUT2D eigenvalue weighted by Crippen LogP contribution is 2.24. The molecule has 2 rings (SSSR count). The second-order valence-corrected chi connectivity index (χ2v) is 3.05. The lowest BCUT2D eigenvalue weighted by Crippen LogP contribution is -1.78. The van der Waals surface area contributed by atoms with E-state index in [0.717, 1.165) is 0 Å². The van der Waals surface area contributed by atoms with Crippen molar-refractivity contribution in [3.05, 3.63) is 35.2 Å². The van der Waals surface area contributed by atoms with Crippen LogP contribution in [0.3, 0.4) is 0 Å². The normalized spacial score (nSPS) is 10.7. The van der Waals surface area contributed by atoms with Crippen molar-refractivity contribution in [2.75, 3.05) is 0 Å². The lowest BCUT2D eigenvalue weighted by Gasteiger charge is -1.90. The van der Waals surface area contributed by atoms with Gasteiger partial charge in [0.2, 0.25) is 0 Å². The van der Waals surface area contributed by atoms with Crippen LogP contribution in [0.4, 0.5) is 8.78 Å². The third-order valence-corrected chi connectivity index (χ3v) is 2.33. The number of hydrogen-bond donors (Lipinski definition) is 0. The topological polar surface area (TPSA) is 0 Å². The highest BCUT2D eigenvalue weighted by molar-refractivity contribution is 7.17. The maximum absolute atomic E-state index is 12.8. The summed E-state index contributed by atoms with van der Waals surface area (Å²) >= 11 is 1.25. The molecule has 0 aliphatic carbocycles. The van der Waals surface area contributed by atoms with Gasteiger partial charge in [-0.2, -0.15) is 0 Å². The summed E-state index contributed by atoms with van der Waals surface area (Å²) in [5.74, 6) is -1.25. The van der Waals surface area contributed by atoms with Gasteiger partial charge in [0.05, 0.1) is 10.8 Å². The Labute approximate surface area is 66.1 Å². The Balaban J connectivity index is 2.91. The van der Waals surface area contributed by atoms with E-state index in [4.69, 9.17) is 0 Å². The Morgan fingerprint density at radius 3 is 3.00 bits per heavy atom. The van der Waals surface area contributed by atoms with Gasteiger partial charge in [0.15, 0.2) is 5.82 Å². The lowest BCUT2D eigenvalue weighted by molar-refractivity contribution is 0.589. The predicted molar refractivity (Wildman–Crippen MR) is 40.6 cm³/mol. The Hall–Kier alpha value is -0.960. The zero-order valence-electron chi connectivity index (χ0n) is 5.40. The van der Waals surface area contributed by atoms with Crippen LogP contribution in [-0.4, -0.2) is 0 Å². The quantitative estimate of drug-likeness (QED) is 0.568. The lowest BCUT2D eigenvalue weighted by atomic mass is 10.2. The van der Waals surface area contributed by atoms with Crippen molar-refractivity contribution < 1.29 is 8.78 Å². The molecule has 0 N–H and O–H groups in total. The molecule has 0 spiro atoms. The standard InChI is InChI=1S/C8H3F2S/c9-6-3-5-1-2-11-8(5)7(10)4-6/h1-3H. The predicted octanol–water partition coefficient (Wildman–Crippen LogP) is 2.98. The molecule has 11 heavy (non-hydrogen) atoms. The van der Waals surface area contributed by atoms with E-state index in [9.17, 15) is 8.78 Å². The summed E-state index contributed by atoms with van der Waals surface area (Å²) < 4.78 is 25.7. The maximum atomic E-state index is 12.8. The molecular formula is C8H3F2S. The molecule has 0 saturated carbocycles. The minimum Gasteiger partial charge on any atom is -0.206 e. The molecule has 1 aromatic heterocycles. The third kappa shape index (κ3) is 1.01. The Kier molecular flexibility index (Phi) is 1.39. The summed E-state index contributed by atoms with van der Waals surface area (Å²) in [4.78, 5) is 0. The van der Waals surface area contributed by atoms with Gasteiger partial charge < -0.3 is 0 Å². The average molecular weight is 169 g/mol. The first-order valence-corrected chi connectivity index (χ1v) is 3.90. The molecule has 0 saturated heterocycles. The number of thiophene rings is 1. The van der Waals surface area contributed by atoms with Crippen LogP contribution < -0.4 is 0 Å². The van der Waals surface area contributed by atoms with Crippen molar-refractivity contribution in [3.8, 4) is 0 Å². The van der Waals surface area contributed by atoms with Crippen molar-refractivity contribution in [1.82, 2.24) is 0 Å². The van der Waals surface area contributed by atoms with E-state index in [2.05, 4.69) is 0 Å². The fourth-order valence-corrected chi connectivity index (χ4v) is 1.71. The summed E-state index contributed by atoms with van der Waals surface area (Å²) in [7, 11) is 0. The Morgan fingerprint density at radius 2 is 2.18 bits per heavy atom. The molecule has 3 heteroatoms. The van der Waals surface area contributed by atoms with Crippen molar-refractivity contribution in [2.24, 2.45) is 0 Å². The first-order chi connectivity index (χ1) is 5.27. The van der Waals surface area contributed by atoms with Crippen LogP contribution in [0.2, 0.25) is 0 Å². The summed E-state index contributed by atoms with van der Waals surface area (Å²) in [6.07, 6.45) is 0. The van der Waals surface area contributed by atoms with Crippen molar-refractivity contribution >= 4 is 21.4 Å². The molecule has 1 radical (unpaired) electrons. The zero-order valence-corrected chi connectivity index (χ0v) is 6.21. The third-order valence-electron chi connectivity index (χ3n) is 1.41. The molecule has 0 fully saturated rings. The average Bonchev–Trinajstić information content (AvgIpc) is 2.34. The summed E-state index contributed by atoms with van der Waals surface area (Å²) in [6, 6.07) is 4.93. The fourth-order valence-electron chi connectivity index (χ4n) is 0.945. The van der Waals surface area contributed by atoms with E-state index >= 15 is 0 Å². The number of hydrogen-bond acceptors (Lipinski definition) is 1. The number of halogens is 2. The Bertz CT molecular complexity index is 392. The fraction of sp³-hybridized carbons (Fsp3) is 0. The molecule has 0 amide bonds. The number of rotatable bonds is 0. The van der Waals surface area contributed by atoms with Gasteiger partial charge in [-0.3, -0.25) is 0 Å². The molecule has 2 aromatic rings. The molecule has 1 heterocycles. The maximum Gasteiger partial charge on any atom is 0.151 e. The minimum absolute atomic E-state index is 0.464. The van der Waals surface area contributed by atoms with E-state index < -0.39 is 11.6 Å². The van der Waals surface area contributed by atoms with Gasteiger partial charge >= 0.3 is 0 Å². The summed E-state index contributed by atoms with van der Waals surface area (Å²) in [5.41, 5.74) is 0. The molecule has 0 atom stereocenters. The largest absolute Gasteiger partial charge is 0.206 e. The van der Waals surface area contributed by atoms with Gasteiger partial charge in [-0.1, -0.05) is 0 Å². The van der Waals surface area contributed by atoms with E-state index in [1.54, 1.807) is 11.4 Å². The molecule has 0 unspecified atom stereocenters. The Morgan fingerprint density at radius 1 is 1.36 bits per heavy atom. The van der Waals surface area contributed by atoms with E-state index in [1.807, 2.05) is 6.07 Å². The van der Waals surface area contributed by atoms with Crippen LogP contribution in [0.1, 0.15) is 0 Å². The van der Waals surface area contributed by atoms with E-state index in [-0.39, 0.29) is 0 Å². The number of fused-ring (bicyclic) bond motifs is 1. The van der Waals surface area contributed by atoms with Crippen LogP contribution in [0, 0.1) is 17.7 Å². The number of benzene rings is 1. The molecule has 0 aliphatic heterocycles. The second-order valence-electron chi connectivity index (χ2n) is 2.14. The van der Waals surface area contributed by atoms with Gasteiger partial charge in [0.25, 0.3) is 0 Å². The van der Waals surface area contributed by atoms with Gasteiger partial charge in [-0.15, -0.1) is 11.3 Å². The minimum atomic E-state index is -0.645. The van der Waals surface area contributed by atoms with Crippen LogP contribution in [0.5, 0.6) is 0 Å². The van der Waals surface area contributed by atoms with Crippen LogP contribution in [0.25, 0.3) is 10.1 Å². The molecular weight excluding hydrogens is 166 g/mol. The van der Waals surface area contributed by atoms with Crippen molar-refractivity contribution in [2.45, 2.75) is 0 Å². The van der Waals surface area contributed by atoms with Gasteiger partial charge in [0, 0.05) is 0 Å². The van der Waals surface area contributed by atoms with Crippen LogP contribution in [-0.2, 0) is 0 Å². The van der Waals surface area contributed by atoms with Crippen LogP contribution in [0.15, 0.2) is 17.5 Å². The smallest absolute Gasteiger partial charge is 0.151 e. The van der Waals surface area contributed by atoms with Gasteiger partial charge in [-0.25, -0.2) is 8.78 Å². The highest BCUT2D eigenvalue weighted by Gasteiger charge is 2.04. The zero-order chi connectivity index (χ0) is 7.84. The first-order valence-electron chi connectivity index (χ1n) is 3.02. The monoisotopic (exact) mass is 169 g/mol. The van der Waals surface area contributed by atoms with Crippen LogP contribution >= 0.6 is 11.3 Å². The van der Waals surface area contributed by atoms with Crippen molar-refractivity contribution in [3.63, 3.8) is 0 Å². The van der Waals surface area contributed by atoms with Gasteiger partial charge in [0.1, 0.15) is 5.82 Å². The second kappa shape index (κ2) is 2.27. The first kappa shape index (κ1) is 6.73. The molecule has 0 nitrogen and oxygen atoms in total. The van der Waals surface area contributed by atoms with E-state index in [1.165, 1.54) is 17.4 Å². The molecule has 0 aliphatic rings. The SMILES string of the molecule is Fc1[c]c(F)c2sccc2c1.